The van der Waals surface area contributed by atoms with Crippen molar-refractivity contribution in [3.05, 3.63) is 23.8 Å². The van der Waals surface area contributed by atoms with Gasteiger partial charge in [-0.05, 0) is 25.5 Å². The zero-order valence-electron chi connectivity index (χ0n) is 11.6. The predicted octanol–water partition coefficient (Wildman–Crippen LogP) is 2.70. The molecule has 0 bridgehead atoms. The number of rotatable bonds is 6. The van der Waals surface area contributed by atoms with E-state index in [1.165, 1.54) is 21.3 Å². The molecule has 1 atom stereocenters. The zero-order chi connectivity index (χ0) is 13.8. The summed E-state index contributed by atoms with van der Waals surface area (Å²) in [5, 5.41) is 0. The van der Waals surface area contributed by atoms with E-state index >= 15 is 0 Å². The lowest BCUT2D eigenvalue weighted by molar-refractivity contribution is 0.0102. The normalized spacial score (nSPS) is 13.8. The highest BCUT2D eigenvalue weighted by atomic mass is 16.5. The molecule has 0 heterocycles. The Hall–Kier alpha value is -1.55. The minimum absolute atomic E-state index is 0.137. The van der Waals surface area contributed by atoms with E-state index in [9.17, 15) is 4.79 Å². The van der Waals surface area contributed by atoms with Crippen LogP contribution in [0.2, 0.25) is 0 Å². The largest absolute Gasteiger partial charge is 0.496 e. The number of carbonyl (C=O) groups is 1. The molecule has 0 saturated heterocycles. The van der Waals surface area contributed by atoms with Crippen LogP contribution in [-0.2, 0) is 4.74 Å². The fourth-order valence-electron chi connectivity index (χ4n) is 1.74. The van der Waals surface area contributed by atoms with Crippen LogP contribution in [0, 0.1) is 0 Å². The van der Waals surface area contributed by atoms with Gasteiger partial charge < -0.3 is 14.2 Å². The van der Waals surface area contributed by atoms with Crippen molar-refractivity contribution in [1.82, 2.24) is 0 Å². The molecular formula is C14H20O4. The Kier molecular flexibility index (Phi) is 4.73. The van der Waals surface area contributed by atoms with Crippen LogP contribution in [0.25, 0.3) is 0 Å². The number of carbonyl (C=O) groups excluding carboxylic acids is 1. The first kappa shape index (κ1) is 14.5. The van der Waals surface area contributed by atoms with Gasteiger partial charge in [0.25, 0.3) is 0 Å². The molecule has 1 aromatic carbocycles. The maximum Gasteiger partial charge on any atom is 0.201 e. The van der Waals surface area contributed by atoms with Gasteiger partial charge in [0.05, 0.1) is 14.2 Å². The van der Waals surface area contributed by atoms with E-state index in [0.717, 1.165) is 0 Å². The van der Waals surface area contributed by atoms with E-state index < -0.39 is 5.60 Å². The number of ether oxygens (including phenoxy) is 3. The first-order valence-corrected chi connectivity index (χ1v) is 5.85. The van der Waals surface area contributed by atoms with Crippen LogP contribution >= 0.6 is 0 Å². The number of ketones is 1. The van der Waals surface area contributed by atoms with Gasteiger partial charge in [-0.2, -0.15) is 0 Å². The SMILES string of the molecule is CCC(C)(OC)C(=O)c1c(OC)cccc1OC. The first-order valence-electron chi connectivity index (χ1n) is 5.85. The Morgan fingerprint density at radius 1 is 1.17 bits per heavy atom. The highest BCUT2D eigenvalue weighted by Gasteiger charge is 2.35. The third kappa shape index (κ3) is 2.48. The van der Waals surface area contributed by atoms with E-state index in [1.807, 2.05) is 6.92 Å². The van der Waals surface area contributed by atoms with Crippen molar-refractivity contribution < 1.29 is 19.0 Å². The highest BCUT2D eigenvalue weighted by Crippen LogP contribution is 2.33. The predicted molar refractivity (Wildman–Crippen MR) is 69.6 cm³/mol. The fraction of sp³-hybridized carbons (Fsp3) is 0.500. The van der Waals surface area contributed by atoms with E-state index in [0.29, 0.717) is 23.5 Å². The fourth-order valence-corrected chi connectivity index (χ4v) is 1.74. The molecule has 1 rings (SSSR count). The summed E-state index contributed by atoms with van der Waals surface area (Å²) in [6, 6.07) is 5.26. The monoisotopic (exact) mass is 252 g/mol. The van der Waals surface area contributed by atoms with Crippen molar-refractivity contribution in [2.45, 2.75) is 25.9 Å². The molecule has 100 valence electrons. The Morgan fingerprint density at radius 3 is 2.00 bits per heavy atom. The molecule has 0 aliphatic carbocycles. The molecule has 1 aromatic rings. The standard InChI is InChI=1S/C14H20O4/c1-6-14(2,18-5)13(15)12-10(16-3)8-7-9-11(12)17-4/h7-9H,6H2,1-5H3. The van der Waals surface area contributed by atoms with Crippen LogP contribution in [0.3, 0.4) is 0 Å². The second-order valence-electron chi connectivity index (χ2n) is 4.16. The summed E-state index contributed by atoms with van der Waals surface area (Å²) in [6.07, 6.45) is 0.573. The van der Waals surface area contributed by atoms with E-state index in [4.69, 9.17) is 14.2 Å². The van der Waals surface area contributed by atoms with Gasteiger partial charge in [0.15, 0.2) is 0 Å². The second kappa shape index (κ2) is 5.87. The molecule has 1 unspecified atom stereocenters. The van der Waals surface area contributed by atoms with Crippen molar-refractivity contribution in [1.29, 1.82) is 0 Å². The molecule has 0 N–H and O–H groups in total. The summed E-state index contributed by atoms with van der Waals surface area (Å²) in [4.78, 5) is 12.6. The molecular weight excluding hydrogens is 232 g/mol. The third-order valence-corrected chi connectivity index (χ3v) is 3.26. The summed E-state index contributed by atoms with van der Waals surface area (Å²) in [5.41, 5.74) is -0.448. The van der Waals surface area contributed by atoms with Crippen molar-refractivity contribution in [2.24, 2.45) is 0 Å². The lowest BCUT2D eigenvalue weighted by Crippen LogP contribution is -2.37. The van der Waals surface area contributed by atoms with Gasteiger partial charge in [-0.15, -0.1) is 0 Å². The van der Waals surface area contributed by atoms with Gasteiger partial charge in [-0.3, -0.25) is 4.79 Å². The van der Waals surface area contributed by atoms with Crippen molar-refractivity contribution in [3.8, 4) is 11.5 Å². The Morgan fingerprint density at radius 2 is 1.67 bits per heavy atom. The molecule has 0 fully saturated rings. The van der Waals surface area contributed by atoms with E-state index in [1.54, 1.807) is 25.1 Å². The van der Waals surface area contributed by atoms with E-state index in [-0.39, 0.29) is 5.78 Å². The number of benzene rings is 1. The maximum absolute atomic E-state index is 12.6. The molecule has 0 amide bonds. The van der Waals surface area contributed by atoms with Gasteiger partial charge in [0.1, 0.15) is 22.7 Å². The van der Waals surface area contributed by atoms with Gasteiger partial charge >= 0.3 is 0 Å². The minimum atomic E-state index is -0.873. The number of Topliss-reactive ketones (excluding diaryl/α,β-unsaturated/α-hetero) is 1. The zero-order valence-corrected chi connectivity index (χ0v) is 11.6. The van der Waals surface area contributed by atoms with Gasteiger partial charge in [0, 0.05) is 7.11 Å². The summed E-state index contributed by atoms with van der Waals surface area (Å²) in [7, 11) is 4.59. The Balaban J connectivity index is 3.35. The topological polar surface area (TPSA) is 44.8 Å². The summed E-state index contributed by atoms with van der Waals surface area (Å²) < 4.78 is 15.8. The first-order chi connectivity index (χ1) is 8.53. The highest BCUT2D eigenvalue weighted by molar-refractivity contribution is 6.06. The maximum atomic E-state index is 12.6. The minimum Gasteiger partial charge on any atom is -0.496 e. The van der Waals surface area contributed by atoms with Crippen LogP contribution in [-0.4, -0.2) is 32.7 Å². The van der Waals surface area contributed by atoms with Crippen LogP contribution in [0.15, 0.2) is 18.2 Å². The molecule has 0 aliphatic heterocycles. The lowest BCUT2D eigenvalue weighted by Gasteiger charge is -2.26. The molecule has 4 heteroatoms. The van der Waals surface area contributed by atoms with Crippen molar-refractivity contribution in [3.63, 3.8) is 0 Å². The Labute approximate surface area is 108 Å². The smallest absolute Gasteiger partial charge is 0.201 e. The third-order valence-electron chi connectivity index (χ3n) is 3.26. The molecule has 0 spiro atoms. The number of hydrogen-bond acceptors (Lipinski definition) is 4. The van der Waals surface area contributed by atoms with Gasteiger partial charge in [0.2, 0.25) is 5.78 Å². The molecule has 4 nitrogen and oxygen atoms in total. The van der Waals surface area contributed by atoms with E-state index in [2.05, 4.69) is 0 Å². The summed E-state index contributed by atoms with van der Waals surface area (Å²) in [5.74, 6) is 0.856. The average molecular weight is 252 g/mol. The van der Waals surface area contributed by atoms with Crippen LogP contribution < -0.4 is 9.47 Å². The van der Waals surface area contributed by atoms with Crippen LogP contribution in [0.4, 0.5) is 0 Å². The molecule has 0 radical (unpaired) electrons. The van der Waals surface area contributed by atoms with Gasteiger partial charge in [-0.1, -0.05) is 13.0 Å². The quantitative estimate of drug-likeness (QED) is 0.730. The molecule has 0 aliphatic rings. The number of hydrogen-bond donors (Lipinski definition) is 0. The number of methoxy groups -OCH3 is 3. The average Bonchev–Trinajstić information content (AvgIpc) is 2.44. The summed E-state index contributed by atoms with van der Waals surface area (Å²) in [6.45, 7) is 3.67. The Bertz CT molecular complexity index is 400. The summed E-state index contributed by atoms with van der Waals surface area (Å²) >= 11 is 0. The van der Waals surface area contributed by atoms with Crippen molar-refractivity contribution >= 4 is 5.78 Å². The lowest BCUT2D eigenvalue weighted by atomic mass is 9.91. The molecule has 0 aromatic heterocycles. The molecule has 18 heavy (non-hydrogen) atoms. The van der Waals surface area contributed by atoms with Crippen molar-refractivity contribution in [2.75, 3.05) is 21.3 Å². The van der Waals surface area contributed by atoms with Crippen LogP contribution in [0.5, 0.6) is 11.5 Å². The van der Waals surface area contributed by atoms with Gasteiger partial charge in [-0.25, -0.2) is 0 Å². The van der Waals surface area contributed by atoms with Crippen LogP contribution in [0.1, 0.15) is 30.6 Å². The molecule has 0 saturated carbocycles. The second-order valence-corrected chi connectivity index (χ2v) is 4.16.